The highest BCUT2D eigenvalue weighted by molar-refractivity contribution is 9.11. The van der Waals surface area contributed by atoms with Crippen LogP contribution in [0, 0.1) is 0 Å². The van der Waals surface area contributed by atoms with Gasteiger partial charge in [0, 0.05) is 30.4 Å². The predicted molar refractivity (Wildman–Crippen MR) is 83.3 cm³/mol. The first kappa shape index (κ1) is 12.8. The van der Waals surface area contributed by atoms with E-state index in [4.69, 9.17) is 0 Å². The van der Waals surface area contributed by atoms with Gasteiger partial charge >= 0.3 is 0 Å². The molecule has 0 aliphatic heterocycles. The van der Waals surface area contributed by atoms with Crippen LogP contribution in [0.3, 0.4) is 0 Å². The molecule has 0 saturated heterocycles. The molecule has 0 unspecified atom stereocenters. The van der Waals surface area contributed by atoms with Gasteiger partial charge in [-0.15, -0.1) is 11.3 Å². The minimum absolute atomic E-state index is 0.789. The van der Waals surface area contributed by atoms with Crippen LogP contribution in [0.4, 0.5) is 0 Å². The van der Waals surface area contributed by atoms with E-state index >= 15 is 0 Å². The van der Waals surface area contributed by atoms with E-state index in [2.05, 4.69) is 56.7 Å². The Balaban J connectivity index is 1.72. The number of fused-ring (bicyclic) bond motifs is 1. The molecule has 0 radical (unpaired) electrons. The topological polar surface area (TPSA) is 29.9 Å². The molecule has 0 fully saturated rings. The van der Waals surface area contributed by atoms with Crippen LogP contribution in [0.1, 0.15) is 10.6 Å². The van der Waals surface area contributed by atoms with Crippen LogP contribution in [0.2, 0.25) is 0 Å². The Kier molecular flexibility index (Phi) is 3.68. The zero-order valence-electron chi connectivity index (χ0n) is 10.6. The minimum Gasteiger partial charge on any atom is -0.306 e. The summed E-state index contributed by atoms with van der Waals surface area (Å²) >= 11 is 5.24. The molecule has 98 valence electrons. The van der Waals surface area contributed by atoms with Crippen molar-refractivity contribution in [2.75, 3.05) is 0 Å². The number of thiophene rings is 1. The lowest BCUT2D eigenvalue weighted by molar-refractivity contribution is 0.667. The van der Waals surface area contributed by atoms with Crippen molar-refractivity contribution in [3.8, 4) is 0 Å². The van der Waals surface area contributed by atoms with Gasteiger partial charge in [-0.2, -0.15) is 5.10 Å². The summed E-state index contributed by atoms with van der Waals surface area (Å²) in [6, 6.07) is 12.5. The molecule has 0 saturated carbocycles. The van der Waals surface area contributed by atoms with E-state index in [-0.39, 0.29) is 0 Å². The van der Waals surface area contributed by atoms with Crippen molar-refractivity contribution in [3.05, 3.63) is 50.8 Å². The summed E-state index contributed by atoms with van der Waals surface area (Å²) in [4.78, 5) is 1.33. The third kappa shape index (κ3) is 2.73. The Morgan fingerprint density at radius 1 is 1.21 bits per heavy atom. The molecule has 0 aliphatic rings. The van der Waals surface area contributed by atoms with Crippen LogP contribution in [0.25, 0.3) is 10.9 Å². The first-order chi connectivity index (χ1) is 9.24. The molecule has 0 amide bonds. The smallest absolute Gasteiger partial charge is 0.0841 e. The van der Waals surface area contributed by atoms with Crippen LogP contribution in [0.15, 0.2) is 40.2 Å². The zero-order valence-corrected chi connectivity index (χ0v) is 13.0. The van der Waals surface area contributed by atoms with Gasteiger partial charge < -0.3 is 5.32 Å². The van der Waals surface area contributed by atoms with E-state index in [1.807, 2.05) is 17.8 Å². The van der Waals surface area contributed by atoms with Crippen LogP contribution in [0.5, 0.6) is 0 Å². The number of rotatable bonds is 4. The largest absolute Gasteiger partial charge is 0.306 e. The molecule has 3 rings (SSSR count). The molecular formula is C14H14BrN3S. The lowest BCUT2D eigenvalue weighted by atomic mass is 10.2. The second kappa shape index (κ2) is 5.45. The van der Waals surface area contributed by atoms with Crippen molar-refractivity contribution in [2.24, 2.45) is 7.05 Å². The van der Waals surface area contributed by atoms with E-state index in [9.17, 15) is 0 Å². The predicted octanol–water partition coefficient (Wildman–Crippen LogP) is 3.69. The lowest BCUT2D eigenvalue weighted by Crippen LogP contribution is -2.12. The fourth-order valence-corrected chi connectivity index (χ4v) is 3.62. The van der Waals surface area contributed by atoms with Gasteiger partial charge in [0.25, 0.3) is 0 Å². The molecule has 0 spiro atoms. The van der Waals surface area contributed by atoms with Gasteiger partial charge in [0.15, 0.2) is 0 Å². The van der Waals surface area contributed by atoms with Crippen molar-refractivity contribution in [2.45, 2.75) is 13.1 Å². The standard InChI is InChI=1S/C14H14BrN3S/c1-18-13-5-3-2-4-11(13)12(17-18)9-16-8-10-6-7-14(15)19-10/h2-7,16H,8-9H2,1H3. The average molecular weight is 336 g/mol. The van der Waals surface area contributed by atoms with Gasteiger partial charge in [-0.1, -0.05) is 18.2 Å². The van der Waals surface area contributed by atoms with Crippen molar-refractivity contribution in [1.82, 2.24) is 15.1 Å². The number of aryl methyl sites for hydroxylation is 1. The van der Waals surface area contributed by atoms with E-state index in [1.165, 1.54) is 19.6 Å². The molecule has 19 heavy (non-hydrogen) atoms. The molecule has 3 nitrogen and oxygen atoms in total. The SMILES string of the molecule is Cn1nc(CNCc2ccc(Br)s2)c2ccccc21. The molecular weight excluding hydrogens is 322 g/mol. The highest BCUT2D eigenvalue weighted by Crippen LogP contribution is 2.22. The van der Waals surface area contributed by atoms with Crippen molar-refractivity contribution in [3.63, 3.8) is 0 Å². The fraction of sp³-hybridized carbons (Fsp3) is 0.214. The molecule has 5 heteroatoms. The maximum Gasteiger partial charge on any atom is 0.0841 e. The van der Waals surface area contributed by atoms with Gasteiger partial charge in [-0.3, -0.25) is 4.68 Å². The van der Waals surface area contributed by atoms with Crippen LogP contribution >= 0.6 is 27.3 Å². The number of nitrogens with zero attached hydrogens (tertiary/aromatic N) is 2. The summed E-state index contributed by atoms with van der Waals surface area (Å²) in [5.41, 5.74) is 2.28. The average Bonchev–Trinajstić information content (AvgIpc) is 2.96. The third-order valence-corrected chi connectivity index (χ3v) is 4.68. The summed E-state index contributed by atoms with van der Waals surface area (Å²) in [7, 11) is 1.99. The Morgan fingerprint density at radius 2 is 2.05 bits per heavy atom. The van der Waals surface area contributed by atoms with Crippen molar-refractivity contribution >= 4 is 38.2 Å². The van der Waals surface area contributed by atoms with Gasteiger partial charge in [-0.05, 0) is 34.1 Å². The van der Waals surface area contributed by atoms with Gasteiger partial charge in [0.05, 0.1) is 15.0 Å². The second-order valence-corrected chi connectivity index (χ2v) is 6.94. The summed E-state index contributed by atoms with van der Waals surface area (Å²) in [6.45, 7) is 1.66. The fourth-order valence-electron chi connectivity index (χ4n) is 2.17. The summed E-state index contributed by atoms with van der Waals surface area (Å²) in [5.74, 6) is 0. The highest BCUT2D eigenvalue weighted by atomic mass is 79.9. The monoisotopic (exact) mass is 335 g/mol. The van der Waals surface area contributed by atoms with E-state index < -0.39 is 0 Å². The Morgan fingerprint density at radius 3 is 2.84 bits per heavy atom. The number of nitrogens with one attached hydrogen (secondary N) is 1. The summed E-state index contributed by atoms with van der Waals surface area (Å²) < 4.78 is 3.11. The normalized spacial score (nSPS) is 11.3. The first-order valence-corrected chi connectivity index (χ1v) is 7.70. The molecule has 0 bridgehead atoms. The molecule has 2 heterocycles. The molecule has 2 aromatic heterocycles. The third-order valence-electron chi connectivity index (χ3n) is 3.05. The van der Waals surface area contributed by atoms with Gasteiger partial charge in [-0.25, -0.2) is 0 Å². The molecule has 3 aromatic rings. The maximum atomic E-state index is 4.57. The number of benzene rings is 1. The van der Waals surface area contributed by atoms with Gasteiger partial charge in [0.1, 0.15) is 0 Å². The Labute approximate surface area is 124 Å². The van der Waals surface area contributed by atoms with E-state index in [0.29, 0.717) is 0 Å². The van der Waals surface area contributed by atoms with Crippen molar-refractivity contribution < 1.29 is 0 Å². The number of halogens is 1. The quantitative estimate of drug-likeness (QED) is 0.788. The summed E-state index contributed by atoms with van der Waals surface area (Å²) in [6.07, 6.45) is 0. The minimum atomic E-state index is 0.789. The van der Waals surface area contributed by atoms with Crippen molar-refractivity contribution in [1.29, 1.82) is 0 Å². The first-order valence-electron chi connectivity index (χ1n) is 6.09. The van der Waals surface area contributed by atoms with E-state index in [0.717, 1.165) is 18.8 Å². The highest BCUT2D eigenvalue weighted by Gasteiger charge is 2.07. The molecule has 1 aromatic carbocycles. The van der Waals surface area contributed by atoms with Crippen LogP contribution < -0.4 is 5.32 Å². The van der Waals surface area contributed by atoms with Gasteiger partial charge in [0.2, 0.25) is 0 Å². The zero-order chi connectivity index (χ0) is 13.2. The Bertz CT molecular complexity index is 702. The van der Waals surface area contributed by atoms with E-state index in [1.54, 1.807) is 11.3 Å². The van der Waals surface area contributed by atoms with Crippen LogP contribution in [-0.2, 0) is 20.1 Å². The second-order valence-electron chi connectivity index (χ2n) is 4.40. The van der Waals surface area contributed by atoms with Crippen LogP contribution in [-0.4, -0.2) is 9.78 Å². The number of hydrogen-bond acceptors (Lipinski definition) is 3. The molecule has 1 N–H and O–H groups in total. The molecule has 0 aliphatic carbocycles. The Hall–Kier alpha value is -1.17. The number of hydrogen-bond donors (Lipinski definition) is 1. The maximum absolute atomic E-state index is 4.57. The number of para-hydroxylation sites is 1. The number of aromatic nitrogens is 2. The molecule has 0 atom stereocenters. The lowest BCUT2D eigenvalue weighted by Gasteiger charge is -2.00. The summed E-state index contributed by atoms with van der Waals surface area (Å²) in [5, 5.41) is 9.25.